The molecule has 0 aromatic heterocycles. The van der Waals surface area contributed by atoms with Gasteiger partial charge < -0.3 is 5.32 Å². The fourth-order valence-corrected chi connectivity index (χ4v) is 3.61. The van der Waals surface area contributed by atoms with Crippen molar-refractivity contribution < 1.29 is 13.2 Å². The Morgan fingerprint density at radius 3 is 2.50 bits per heavy atom. The Morgan fingerprint density at radius 1 is 1.36 bits per heavy atom. The van der Waals surface area contributed by atoms with Crippen LogP contribution in [-0.4, -0.2) is 37.5 Å². The van der Waals surface area contributed by atoms with Crippen molar-refractivity contribution in [1.29, 1.82) is 0 Å². The molecule has 1 rings (SSSR count). The molecule has 0 aliphatic carbocycles. The number of anilines is 1. The molecule has 1 atom stereocenters. The highest BCUT2D eigenvalue weighted by Gasteiger charge is 2.22. The topological polar surface area (TPSA) is 66.5 Å². The first-order chi connectivity index (χ1) is 10.1. The second kappa shape index (κ2) is 8.15. The molecule has 0 saturated carbocycles. The molecule has 1 aromatic carbocycles. The average molecular weight is 367 g/mol. The van der Waals surface area contributed by atoms with Gasteiger partial charge in [0.25, 0.3) is 0 Å². The van der Waals surface area contributed by atoms with Crippen LogP contribution in [0.5, 0.6) is 0 Å². The Balaban J connectivity index is 2.68. The molecule has 1 unspecified atom stereocenters. The number of hydrogen-bond donors (Lipinski definition) is 1. The van der Waals surface area contributed by atoms with E-state index in [2.05, 4.69) is 5.32 Å². The number of halogens is 2. The predicted molar refractivity (Wildman–Crippen MR) is 91.0 cm³/mol. The maximum atomic E-state index is 12.0. The summed E-state index contributed by atoms with van der Waals surface area (Å²) in [5.74, 6) is -0.304. The minimum atomic E-state index is -3.35. The quantitative estimate of drug-likeness (QED) is 0.803. The van der Waals surface area contributed by atoms with Gasteiger partial charge in [-0.1, -0.05) is 30.1 Å². The number of rotatable bonds is 7. The molecule has 1 amide bonds. The molecule has 0 radical (unpaired) electrons. The molecular formula is C14H20Cl2N2O3S. The Hall–Kier alpha value is -0.820. The van der Waals surface area contributed by atoms with Crippen LogP contribution < -0.4 is 5.32 Å². The third kappa shape index (κ3) is 5.76. The molecule has 5 nitrogen and oxygen atoms in total. The molecule has 1 aromatic rings. The van der Waals surface area contributed by atoms with Gasteiger partial charge in [-0.2, -0.15) is 4.31 Å². The molecule has 0 heterocycles. The van der Waals surface area contributed by atoms with Crippen molar-refractivity contribution >= 4 is 44.8 Å². The van der Waals surface area contributed by atoms with Crippen molar-refractivity contribution in [2.75, 3.05) is 18.1 Å². The largest absolute Gasteiger partial charge is 0.325 e. The summed E-state index contributed by atoms with van der Waals surface area (Å²) in [6.45, 7) is 3.84. The number of amides is 1. The summed E-state index contributed by atoms with van der Waals surface area (Å²) in [6.07, 6.45) is 1.88. The van der Waals surface area contributed by atoms with Crippen LogP contribution >= 0.6 is 23.2 Å². The zero-order valence-corrected chi connectivity index (χ0v) is 15.1. The van der Waals surface area contributed by atoms with Crippen molar-refractivity contribution in [2.24, 2.45) is 0 Å². The van der Waals surface area contributed by atoms with Gasteiger partial charge in [0.2, 0.25) is 15.9 Å². The Bertz CT molecular complexity index is 635. The minimum absolute atomic E-state index is 0.0519. The summed E-state index contributed by atoms with van der Waals surface area (Å²) in [5, 5.41) is 3.46. The smallest absolute Gasteiger partial charge is 0.225 e. The first-order valence-electron chi connectivity index (χ1n) is 6.86. The minimum Gasteiger partial charge on any atom is -0.325 e. The summed E-state index contributed by atoms with van der Waals surface area (Å²) >= 11 is 11.8. The van der Waals surface area contributed by atoms with Crippen LogP contribution in [0, 0.1) is 0 Å². The summed E-state index contributed by atoms with van der Waals surface area (Å²) < 4.78 is 24.8. The Labute approximate surface area is 141 Å². The lowest BCUT2D eigenvalue weighted by molar-refractivity contribution is -0.116. The van der Waals surface area contributed by atoms with E-state index in [9.17, 15) is 13.2 Å². The highest BCUT2D eigenvalue weighted by atomic mass is 35.5. The third-order valence-corrected chi connectivity index (χ3v) is 5.22. The first-order valence-corrected chi connectivity index (χ1v) is 9.47. The fraction of sp³-hybridized carbons (Fsp3) is 0.500. The van der Waals surface area contributed by atoms with Gasteiger partial charge in [-0.25, -0.2) is 8.42 Å². The summed E-state index contributed by atoms with van der Waals surface area (Å²) in [7, 11) is -3.35. The molecule has 8 heteroatoms. The number of carbonyl (C=O) groups is 1. The van der Waals surface area contributed by atoms with E-state index in [1.807, 2.05) is 13.8 Å². The second-order valence-corrected chi connectivity index (χ2v) is 7.83. The predicted octanol–water partition coefficient (Wildman–Crippen LogP) is 3.38. The van der Waals surface area contributed by atoms with Gasteiger partial charge in [0, 0.05) is 24.0 Å². The van der Waals surface area contributed by atoms with Gasteiger partial charge in [-0.3, -0.25) is 4.79 Å². The average Bonchev–Trinajstić information content (AvgIpc) is 2.40. The van der Waals surface area contributed by atoms with Crippen molar-refractivity contribution in [1.82, 2.24) is 4.31 Å². The molecule has 1 N–H and O–H groups in total. The summed E-state index contributed by atoms with van der Waals surface area (Å²) in [4.78, 5) is 12.0. The summed E-state index contributed by atoms with van der Waals surface area (Å²) in [5.41, 5.74) is 0.450. The van der Waals surface area contributed by atoms with E-state index in [1.165, 1.54) is 10.4 Å². The third-order valence-electron chi connectivity index (χ3n) is 3.27. The summed E-state index contributed by atoms with van der Waals surface area (Å²) in [6, 6.07) is 4.60. The fourth-order valence-electron chi connectivity index (χ4n) is 1.93. The van der Waals surface area contributed by atoms with Crippen molar-refractivity contribution in [3.63, 3.8) is 0 Å². The lowest BCUT2D eigenvalue weighted by Gasteiger charge is -2.25. The number of carbonyl (C=O) groups excluding carboxylic acids is 1. The van der Waals surface area contributed by atoms with E-state index in [-0.39, 0.29) is 24.9 Å². The molecule has 0 bridgehead atoms. The molecule has 0 aliphatic rings. The Kier molecular flexibility index (Phi) is 7.12. The first kappa shape index (κ1) is 19.2. The highest BCUT2D eigenvalue weighted by Crippen LogP contribution is 2.25. The van der Waals surface area contributed by atoms with Crippen LogP contribution in [0.4, 0.5) is 5.69 Å². The zero-order chi connectivity index (χ0) is 16.9. The van der Waals surface area contributed by atoms with E-state index < -0.39 is 10.0 Å². The van der Waals surface area contributed by atoms with Crippen molar-refractivity contribution in [3.8, 4) is 0 Å². The van der Waals surface area contributed by atoms with E-state index in [1.54, 1.807) is 12.1 Å². The van der Waals surface area contributed by atoms with Gasteiger partial charge in [0.05, 0.1) is 17.0 Å². The van der Waals surface area contributed by atoms with Crippen LogP contribution in [0.1, 0.15) is 26.7 Å². The number of sulfonamides is 1. The van der Waals surface area contributed by atoms with Crippen LogP contribution in [0.3, 0.4) is 0 Å². The molecule has 0 spiro atoms. The SMILES string of the molecule is CCC(C)N(CCC(=O)Nc1ccc(Cl)cc1Cl)S(C)(=O)=O. The van der Waals surface area contributed by atoms with Crippen LogP contribution in [0.25, 0.3) is 0 Å². The lowest BCUT2D eigenvalue weighted by atomic mass is 10.2. The van der Waals surface area contributed by atoms with Crippen LogP contribution in [0.2, 0.25) is 10.0 Å². The van der Waals surface area contributed by atoms with Gasteiger partial charge in [0.1, 0.15) is 0 Å². The standard InChI is InChI=1S/C14H20Cl2N2O3S/c1-4-10(2)18(22(3,20)21)8-7-14(19)17-13-6-5-11(15)9-12(13)16/h5-6,9-10H,4,7-8H2,1-3H3,(H,17,19). The molecule has 22 heavy (non-hydrogen) atoms. The maximum absolute atomic E-state index is 12.0. The molecule has 124 valence electrons. The zero-order valence-electron chi connectivity index (χ0n) is 12.8. The van der Waals surface area contributed by atoms with Gasteiger partial charge in [-0.05, 0) is 31.5 Å². The normalized spacial score (nSPS) is 13.2. The molecular weight excluding hydrogens is 347 g/mol. The maximum Gasteiger partial charge on any atom is 0.225 e. The molecule has 0 saturated heterocycles. The number of nitrogens with one attached hydrogen (secondary N) is 1. The second-order valence-electron chi connectivity index (χ2n) is 5.05. The molecule has 0 fully saturated rings. The van der Waals surface area contributed by atoms with E-state index >= 15 is 0 Å². The van der Waals surface area contributed by atoms with Crippen molar-refractivity contribution in [2.45, 2.75) is 32.7 Å². The van der Waals surface area contributed by atoms with Gasteiger partial charge in [-0.15, -0.1) is 0 Å². The van der Waals surface area contributed by atoms with E-state index in [0.29, 0.717) is 22.2 Å². The number of hydrogen-bond acceptors (Lipinski definition) is 3. The van der Waals surface area contributed by atoms with Crippen LogP contribution in [-0.2, 0) is 14.8 Å². The monoisotopic (exact) mass is 366 g/mol. The van der Waals surface area contributed by atoms with Crippen molar-refractivity contribution in [3.05, 3.63) is 28.2 Å². The van der Waals surface area contributed by atoms with Gasteiger partial charge in [0.15, 0.2) is 0 Å². The molecule has 0 aliphatic heterocycles. The van der Waals surface area contributed by atoms with E-state index in [4.69, 9.17) is 23.2 Å². The number of benzene rings is 1. The van der Waals surface area contributed by atoms with Gasteiger partial charge >= 0.3 is 0 Å². The lowest BCUT2D eigenvalue weighted by Crippen LogP contribution is -2.39. The Morgan fingerprint density at radius 2 is 2.00 bits per heavy atom. The number of nitrogens with zero attached hydrogens (tertiary/aromatic N) is 1. The highest BCUT2D eigenvalue weighted by molar-refractivity contribution is 7.88. The van der Waals surface area contributed by atoms with E-state index in [0.717, 1.165) is 6.26 Å². The van der Waals surface area contributed by atoms with Crippen LogP contribution in [0.15, 0.2) is 18.2 Å².